The SMILES string of the molecule is CC(C)C(C)O.CC(C)C1(O)COC1.OC1COC1. The minimum atomic E-state index is -0.500. The Kier molecular flexibility index (Phi) is 8.78. The fourth-order valence-electron chi connectivity index (χ4n) is 0.868. The third kappa shape index (κ3) is 7.84. The minimum Gasteiger partial charge on any atom is -0.393 e. The van der Waals surface area contributed by atoms with Crippen molar-refractivity contribution in [3.63, 3.8) is 0 Å². The largest absolute Gasteiger partial charge is 0.393 e. The number of aliphatic hydroxyl groups excluding tert-OH is 2. The third-order valence-electron chi connectivity index (χ3n) is 3.36. The van der Waals surface area contributed by atoms with Crippen LogP contribution in [0.1, 0.15) is 34.6 Å². The van der Waals surface area contributed by atoms with E-state index in [4.69, 9.17) is 14.9 Å². The summed E-state index contributed by atoms with van der Waals surface area (Å²) in [5.74, 6) is 0.737. The molecule has 0 amide bonds. The molecule has 5 nitrogen and oxygen atoms in total. The zero-order chi connectivity index (χ0) is 15.1. The van der Waals surface area contributed by atoms with Crippen LogP contribution < -0.4 is 0 Å². The molecule has 0 aromatic heterocycles. The quantitative estimate of drug-likeness (QED) is 0.696. The molecule has 2 heterocycles. The van der Waals surface area contributed by atoms with Gasteiger partial charge in [0.25, 0.3) is 0 Å². The lowest BCUT2D eigenvalue weighted by atomic mass is 9.89. The first kappa shape index (κ1) is 18.8. The van der Waals surface area contributed by atoms with Gasteiger partial charge in [0.2, 0.25) is 0 Å². The van der Waals surface area contributed by atoms with Gasteiger partial charge in [-0.2, -0.15) is 0 Å². The van der Waals surface area contributed by atoms with Crippen molar-refractivity contribution >= 4 is 0 Å². The molecule has 2 aliphatic rings. The van der Waals surface area contributed by atoms with Gasteiger partial charge in [0, 0.05) is 0 Å². The highest BCUT2D eigenvalue weighted by atomic mass is 16.5. The summed E-state index contributed by atoms with van der Waals surface area (Å²) in [6.07, 6.45) is -0.306. The molecule has 2 fully saturated rings. The lowest BCUT2D eigenvalue weighted by molar-refractivity contribution is -0.200. The summed E-state index contributed by atoms with van der Waals surface area (Å²) in [7, 11) is 0. The van der Waals surface area contributed by atoms with Crippen LogP contribution in [0, 0.1) is 11.8 Å². The van der Waals surface area contributed by atoms with Gasteiger partial charge in [-0.15, -0.1) is 0 Å². The average Bonchev–Trinajstić information content (AvgIpc) is 2.24. The van der Waals surface area contributed by atoms with Crippen LogP contribution in [0.4, 0.5) is 0 Å². The zero-order valence-electron chi connectivity index (χ0n) is 12.8. The molecule has 19 heavy (non-hydrogen) atoms. The summed E-state index contributed by atoms with van der Waals surface area (Å²) in [6, 6.07) is 0. The molecule has 116 valence electrons. The molecular formula is C14H30O5. The molecule has 0 aliphatic carbocycles. The number of ether oxygens (including phenoxy) is 2. The molecule has 0 aromatic rings. The van der Waals surface area contributed by atoms with Crippen LogP contribution in [0.25, 0.3) is 0 Å². The summed E-state index contributed by atoms with van der Waals surface area (Å²) < 4.78 is 9.43. The van der Waals surface area contributed by atoms with E-state index in [9.17, 15) is 5.11 Å². The van der Waals surface area contributed by atoms with Gasteiger partial charge in [-0.05, 0) is 18.8 Å². The number of hydrogen-bond acceptors (Lipinski definition) is 5. The molecular weight excluding hydrogens is 248 g/mol. The molecule has 0 bridgehead atoms. The fraction of sp³-hybridized carbons (Fsp3) is 1.00. The van der Waals surface area contributed by atoms with Crippen molar-refractivity contribution in [1.29, 1.82) is 0 Å². The zero-order valence-corrected chi connectivity index (χ0v) is 12.8. The second-order valence-corrected chi connectivity index (χ2v) is 5.93. The van der Waals surface area contributed by atoms with E-state index in [2.05, 4.69) is 4.74 Å². The summed E-state index contributed by atoms with van der Waals surface area (Å²) in [6.45, 7) is 11.9. The Labute approximate surface area is 116 Å². The highest BCUT2D eigenvalue weighted by molar-refractivity contribution is 4.87. The number of rotatable bonds is 2. The highest BCUT2D eigenvalue weighted by Gasteiger charge is 2.38. The second-order valence-electron chi connectivity index (χ2n) is 5.93. The molecule has 1 unspecified atom stereocenters. The van der Waals surface area contributed by atoms with Crippen molar-refractivity contribution in [1.82, 2.24) is 0 Å². The van der Waals surface area contributed by atoms with E-state index < -0.39 is 5.60 Å². The van der Waals surface area contributed by atoms with Gasteiger partial charge < -0.3 is 24.8 Å². The van der Waals surface area contributed by atoms with Gasteiger partial charge in [0.05, 0.1) is 32.5 Å². The van der Waals surface area contributed by atoms with Crippen LogP contribution in [0.3, 0.4) is 0 Å². The van der Waals surface area contributed by atoms with E-state index in [1.807, 2.05) is 27.7 Å². The molecule has 2 saturated heterocycles. The standard InChI is InChI=1S/C6H12O2.C5H12O.C3H6O2/c1-5(2)6(7)3-8-4-6;1-4(2)5(3)6;4-3-1-5-2-3/h5,7H,3-4H2,1-2H3;4-6H,1-3H3;3-4H,1-2H2. The summed E-state index contributed by atoms with van der Waals surface area (Å²) in [5.41, 5.74) is -0.500. The Hall–Kier alpha value is -0.200. The molecule has 0 radical (unpaired) electrons. The Bertz CT molecular complexity index is 214. The van der Waals surface area contributed by atoms with Crippen LogP contribution >= 0.6 is 0 Å². The van der Waals surface area contributed by atoms with Gasteiger partial charge in [0.15, 0.2) is 0 Å². The topological polar surface area (TPSA) is 79.2 Å². The molecule has 3 N–H and O–H groups in total. The third-order valence-corrected chi connectivity index (χ3v) is 3.36. The Morgan fingerprint density at radius 2 is 1.37 bits per heavy atom. The van der Waals surface area contributed by atoms with Gasteiger partial charge in [-0.25, -0.2) is 0 Å². The smallest absolute Gasteiger partial charge is 0.113 e. The monoisotopic (exact) mass is 278 g/mol. The van der Waals surface area contributed by atoms with Crippen LogP contribution in [-0.4, -0.2) is 59.6 Å². The number of aliphatic hydroxyl groups is 3. The van der Waals surface area contributed by atoms with Crippen molar-refractivity contribution in [3.8, 4) is 0 Å². The van der Waals surface area contributed by atoms with Crippen molar-refractivity contribution in [2.75, 3.05) is 26.4 Å². The summed E-state index contributed by atoms with van der Waals surface area (Å²) in [5, 5.41) is 26.3. The first-order valence-corrected chi connectivity index (χ1v) is 6.93. The van der Waals surface area contributed by atoms with Gasteiger partial charge in [-0.1, -0.05) is 27.7 Å². The van der Waals surface area contributed by atoms with Crippen LogP contribution in [0.15, 0.2) is 0 Å². The van der Waals surface area contributed by atoms with E-state index in [1.54, 1.807) is 6.92 Å². The second kappa shape index (κ2) is 8.87. The Balaban J connectivity index is 0.000000264. The molecule has 2 rings (SSSR count). The van der Waals surface area contributed by atoms with Gasteiger partial charge >= 0.3 is 0 Å². The molecule has 2 aliphatic heterocycles. The van der Waals surface area contributed by atoms with E-state index in [0.29, 0.717) is 38.3 Å². The minimum absolute atomic E-state index is 0.148. The molecule has 5 heteroatoms. The van der Waals surface area contributed by atoms with E-state index in [0.717, 1.165) is 0 Å². The predicted molar refractivity (Wildman–Crippen MR) is 74.0 cm³/mol. The van der Waals surface area contributed by atoms with Crippen molar-refractivity contribution in [2.45, 2.75) is 52.4 Å². The van der Waals surface area contributed by atoms with E-state index in [-0.39, 0.29) is 12.2 Å². The van der Waals surface area contributed by atoms with Gasteiger partial charge in [0.1, 0.15) is 11.7 Å². The maximum atomic E-state index is 9.36. The fourth-order valence-corrected chi connectivity index (χ4v) is 0.868. The predicted octanol–water partition coefficient (Wildman–Crippen LogP) is 0.804. The molecule has 0 spiro atoms. The van der Waals surface area contributed by atoms with Crippen LogP contribution in [-0.2, 0) is 9.47 Å². The van der Waals surface area contributed by atoms with Crippen molar-refractivity contribution in [2.24, 2.45) is 11.8 Å². The number of hydrogen-bond donors (Lipinski definition) is 3. The first-order valence-electron chi connectivity index (χ1n) is 6.93. The normalized spacial score (nSPS) is 22.4. The first-order chi connectivity index (χ1) is 8.69. The molecule has 0 aromatic carbocycles. The summed E-state index contributed by atoms with van der Waals surface area (Å²) >= 11 is 0. The lowest BCUT2D eigenvalue weighted by Crippen LogP contribution is -2.53. The van der Waals surface area contributed by atoms with E-state index in [1.165, 1.54) is 0 Å². The maximum Gasteiger partial charge on any atom is 0.113 e. The van der Waals surface area contributed by atoms with Gasteiger partial charge in [-0.3, -0.25) is 0 Å². The van der Waals surface area contributed by atoms with Crippen LogP contribution in [0.5, 0.6) is 0 Å². The van der Waals surface area contributed by atoms with Crippen molar-refractivity contribution in [3.05, 3.63) is 0 Å². The molecule has 0 saturated carbocycles. The lowest BCUT2D eigenvalue weighted by Gasteiger charge is -2.39. The molecule has 1 atom stereocenters. The Morgan fingerprint density at radius 1 is 1.00 bits per heavy atom. The average molecular weight is 278 g/mol. The highest BCUT2D eigenvalue weighted by Crippen LogP contribution is 2.24. The maximum absolute atomic E-state index is 9.36. The Morgan fingerprint density at radius 3 is 1.37 bits per heavy atom. The van der Waals surface area contributed by atoms with Crippen LogP contribution in [0.2, 0.25) is 0 Å². The van der Waals surface area contributed by atoms with E-state index >= 15 is 0 Å². The summed E-state index contributed by atoms with van der Waals surface area (Å²) in [4.78, 5) is 0. The van der Waals surface area contributed by atoms with Crippen molar-refractivity contribution < 1.29 is 24.8 Å².